The molecule has 0 spiro atoms. The predicted molar refractivity (Wildman–Crippen MR) is 72.2 cm³/mol. The highest BCUT2D eigenvalue weighted by atomic mass is 16.3. The van der Waals surface area contributed by atoms with Crippen molar-refractivity contribution in [2.75, 3.05) is 33.8 Å². The van der Waals surface area contributed by atoms with Crippen LogP contribution in [0.2, 0.25) is 0 Å². The predicted octanol–water partition coefficient (Wildman–Crippen LogP) is 1.35. The van der Waals surface area contributed by atoms with Crippen molar-refractivity contribution >= 4 is 0 Å². The maximum atomic E-state index is 9.60. The van der Waals surface area contributed by atoms with Gasteiger partial charge in [0.25, 0.3) is 0 Å². The number of likely N-dealkylation sites (N-methyl/N-ethyl adjacent to an activating group) is 1. The summed E-state index contributed by atoms with van der Waals surface area (Å²) in [6, 6.07) is 8.32. The zero-order valence-corrected chi connectivity index (χ0v) is 11.3. The van der Waals surface area contributed by atoms with Crippen LogP contribution in [0.15, 0.2) is 24.3 Å². The van der Waals surface area contributed by atoms with Gasteiger partial charge in [-0.15, -0.1) is 0 Å². The van der Waals surface area contributed by atoms with Crippen molar-refractivity contribution in [3.8, 4) is 0 Å². The molecule has 2 N–H and O–H groups in total. The Balaban J connectivity index is 2.70. The molecule has 96 valence electrons. The third-order valence-corrected chi connectivity index (χ3v) is 3.08. The van der Waals surface area contributed by atoms with E-state index in [1.807, 2.05) is 21.0 Å². The van der Waals surface area contributed by atoms with Gasteiger partial charge >= 0.3 is 0 Å². The number of hydrogen-bond acceptors (Lipinski definition) is 3. The topological polar surface area (TPSA) is 35.5 Å². The van der Waals surface area contributed by atoms with E-state index in [2.05, 4.69) is 41.4 Å². The lowest BCUT2D eigenvalue weighted by Crippen LogP contribution is -2.45. The molecule has 1 atom stereocenters. The quantitative estimate of drug-likeness (QED) is 0.783. The van der Waals surface area contributed by atoms with Gasteiger partial charge in [-0.25, -0.2) is 0 Å². The van der Waals surface area contributed by atoms with Crippen molar-refractivity contribution in [1.82, 2.24) is 10.2 Å². The second kappa shape index (κ2) is 6.15. The van der Waals surface area contributed by atoms with E-state index >= 15 is 0 Å². The van der Waals surface area contributed by atoms with Gasteiger partial charge in [0, 0.05) is 13.1 Å². The summed E-state index contributed by atoms with van der Waals surface area (Å²) >= 11 is 0. The minimum atomic E-state index is -0.357. The lowest BCUT2D eigenvalue weighted by molar-refractivity contribution is 0.172. The third-order valence-electron chi connectivity index (χ3n) is 3.08. The van der Waals surface area contributed by atoms with Crippen LogP contribution >= 0.6 is 0 Å². The molecule has 0 aliphatic carbocycles. The second-order valence-corrected chi connectivity index (χ2v) is 5.09. The second-order valence-electron chi connectivity index (χ2n) is 5.09. The van der Waals surface area contributed by atoms with Gasteiger partial charge in [0.1, 0.15) is 0 Å². The van der Waals surface area contributed by atoms with Crippen LogP contribution in [-0.2, 0) is 5.54 Å². The molecular formula is C14H24N2O. The van der Waals surface area contributed by atoms with Gasteiger partial charge in [-0.05, 0) is 33.5 Å². The first-order valence-corrected chi connectivity index (χ1v) is 6.06. The van der Waals surface area contributed by atoms with Crippen molar-refractivity contribution in [2.45, 2.75) is 19.4 Å². The molecule has 0 saturated carbocycles. The van der Waals surface area contributed by atoms with Gasteiger partial charge in [0.15, 0.2) is 0 Å². The Morgan fingerprint density at radius 1 is 1.24 bits per heavy atom. The Morgan fingerprint density at radius 3 is 2.29 bits per heavy atom. The molecule has 0 aromatic heterocycles. The summed E-state index contributed by atoms with van der Waals surface area (Å²) in [5, 5.41) is 13.0. The highest BCUT2D eigenvalue weighted by Gasteiger charge is 2.24. The normalized spacial score (nSPS) is 14.9. The smallest absolute Gasteiger partial charge is 0.0652 e. The van der Waals surface area contributed by atoms with Crippen LogP contribution in [0.3, 0.4) is 0 Å². The first kappa shape index (κ1) is 14.2. The van der Waals surface area contributed by atoms with Gasteiger partial charge in [-0.1, -0.05) is 29.8 Å². The van der Waals surface area contributed by atoms with E-state index in [1.54, 1.807) is 0 Å². The van der Waals surface area contributed by atoms with Crippen LogP contribution in [-0.4, -0.2) is 43.8 Å². The standard InChI is InChI=1S/C14H24N2O/c1-12-5-7-13(8-6-12)14(2,11-17)15-9-10-16(3)4/h5-8,15,17H,9-11H2,1-4H3. The van der Waals surface area contributed by atoms with Crippen LogP contribution in [0.5, 0.6) is 0 Å². The summed E-state index contributed by atoms with van der Waals surface area (Å²) in [5.74, 6) is 0. The van der Waals surface area contributed by atoms with Gasteiger partial charge in [-0.2, -0.15) is 0 Å². The van der Waals surface area contributed by atoms with E-state index in [0.717, 1.165) is 18.7 Å². The van der Waals surface area contributed by atoms with E-state index in [0.29, 0.717) is 0 Å². The Bertz CT molecular complexity index is 335. The summed E-state index contributed by atoms with van der Waals surface area (Å²) in [6.07, 6.45) is 0. The molecule has 0 heterocycles. The molecule has 1 rings (SSSR count). The average molecular weight is 236 g/mol. The van der Waals surface area contributed by atoms with Crippen molar-refractivity contribution in [3.05, 3.63) is 35.4 Å². The molecule has 1 aromatic rings. The van der Waals surface area contributed by atoms with Crippen LogP contribution in [0.25, 0.3) is 0 Å². The lowest BCUT2D eigenvalue weighted by Gasteiger charge is -2.30. The largest absolute Gasteiger partial charge is 0.394 e. The van der Waals surface area contributed by atoms with Crippen LogP contribution in [0.1, 0.15) is 18.1 Å². The van der Waals surface area contributed by atoms with E-state index < -0.39 is 0 Å². The number of nitrogens with zero attached hydrogens (tertiary/aromatic N) is 1. The molecular weight excluding hydrogens is 212 g/mol. The average Bonchev–Trinajstić information content (AvgIpc) is 2.29. The first-order valence-electron chi connectivity index (χ1n) is 6.06. The van der Waals surface area contributed by atoms with E-state index in [9.17, 15) is 5.11 Å². The van der Waals surface area contributed by atoms with Crippen LogP contribution < -0.4 is 5.32 Å². The molecule has 0 aliphatic rings. The van der Waals surface area contributed by atoms with Crippen molar-refractivity contribution < 1.29 is 5.11 Å². The number of nitrogens with one attached hydrogen (secondary N) is 1. The fourth-order valence-corrected chi connectivity index (χ4v) is 1.73. The molecule has 0 aliphatic heterocycles. The Hall–Kier alpha value is -0.900. The first-order chi connectivity index (χ1) is 7.98. The van der Waals surface area contributed by atoms with Gasteiger partial charge < -0.3 is 15.3 Å². The Labute approximate surface area is 104 Å². The van der Waals surface area contributed by atoms with Crippen molar-refractivity contribution in [2.24, 2.45) is 0 Å². The van der Waals surface area contributed by atoms with E-state index in [4.69, 9.17) is 0 Å². The summed E-state index contributed by atoms with van der Waals surface area (Å²) in [7, 11) is 4.09. The monoisotopic (exact) mass is 236 g/mol. The highest BCUT2D eigenvalue weighted by molar-refractivity contribution is 5.27. The number of benzene rings is 1. The van der Waals surface area contributed by atoms with Gasteiger partial charge in [0.05, 0.1) is 12.1 Å². The molecule has 17 heavy (non-hydrogen) atoms. The van der Waals surface area contributed by atoms with E-state index in [1.165, 1.54) is 5.56 Å². The molecule has 0 radical (unpaired) electrons. The Kier molecular flexibility index (Phi) is 5.12. The number of aliphatic hydroxyl groups excluding tert-OH is 1. The zero-order chi connectivity index (χ0) is 12.9. The summed E-state index contributed by atoms with van der Waals surface area (Å²) in [5.41, 5.74) is 2.01. The summed E-state index contributed by atoms with van der Waals surface area (Å²) in [6.45, 7) is 6.02. The molecule has 0 fully saturated rings. The zero-order valence-electron chi connectivity index (χ0n) is 11.3. The Morgan fingerprint density at radius 2 is 1.82 bits per heavy atom. The lowest BCUT2D eigenvalue weighted by atomic mass is 9.92. The van der Waals surface area contributed by atoms with Crippen LogP contribution in [0, 0.1) is 6.92 Å². The van der Waals surface area contributed by atoms with E-state index in [-0.39, 0.29) is 12.1 Å². The maximum Gasteiger partial charge on any atom is 0.0652 e. The minimum Gasteiger partial charge on any atom is -0.394 e. The fraction of sp³-hybridized carbons (Fsp3) is 0.571. The summed E-state index contributed by atoms with van der Waals surface area (Å²) in [4.78, 5) is 2.12. The molecule has 1 unspecified atom stereocenters. The fourth-order valence-electron chi connectivity index (χ4n) is 1.73. The summed E-state index contributed by atoms with van der Waals surface area (Å²) < 4.78 is 0. The van der Waals surface area contributed by atoms with Crippen molar-refractivity contribution in [3.63, 3.8) is 0 Å². The number of rotatable bonds is 6. The van der Waals surface area contributed by atoms with Gasteiger partial charge in [-0.3, -0.25) is 0 Å². The van der Waals surface area contributed by atoms with Crippen molar-refractivity contribution in [1.29, 1.82) is 0 Å². The number of aliphatic hydroxyl groups is 1. The van der Waals surface area contributed by atoms with Crippen LogP contribution in [0.4, 0.5) is 0 Å². The molecule has 0 amide bonds. The van der Waals surface area contributed by atoms with Gasteiger partial charge in [0.2, 0.25) is 0 Å². The molecule has 3 heteroatoms. The maximum absolute atomic E-state index is 9.60. The molecule has 0 saturated heterocycles. The number of hydrogen-bond donors (Lipinski definition) is 2. The third kappa shape index (κ3) is 4.11. The number of aryl methyl sites for hydroxylation is 1. The molecule has 1 aromatic carbocycles. The SMILES string of the molecule is Cc1ccc(C(C)(CO)NCCN(C)C)cc1. The molecule has 0 bridgehead atoms. The minimum absolute atomic E-state index is 0.101. The molecule has 3 nitrogen and oxygen atoms in total. The highest BCUT2D eigenvalue weighted by Crippen LogP contribution is 2.20.